The number of anilines is 2. The van der Waals surface area contributed by atoms with Gasteiger partial charge in [-0.1, -0.05) is 57.2 Å². The van der Waals surface area contributed by atoms with Crippen LogP contribution in [0.2, 0.25) is 18.1 Å². The van der Waals surface area contributed by atoms with E-state index < -0.39 is 8.32 Å². The normalized spacial score (nSPS) is 19.7. The lowest BCUT2D eigenvalue weighted by molar-refractivity contribution is 0.178. The van der Waals surface area contributed by atoms with Crippen LogP contribution in [0, 0.1) is 27.0 Å². The van der Waals surface area contributed by atoms with Crippen LogP contribution in [0.1, 0.15) is 82.5 Å². The van der Waals surface area contributed by atoms with Crippen molar-refractivity contribution in [3.05, 3.63) is 119 Å². The first-order valence-electron chi connectivity index (χ1n) is 20.2. The molecule has 2 aliphatic rings. The van der Waals surface area contributed by atoms with E-state index in [1.807, 2.05) is 61.5 Å². The topological polar surface area (TPSA) is 100 Å². The van der Waals surface area contributed by atoms with Gasteiger partial charge in [0.05, 0.1) is 19.2 Å². The zero-order chi connectivity index (χ0) is 40.8. The van der Waals surface area contributed by atoms with Crippen LogP contribution < -0.4 is 11.5 Å². The molecule has 2 aromatic heterocycles. The molecule has 0 saturated heterocycles. The van der Waals surface area contributed by atoms with Crippen molar-refractivity contribution in [3.8, 4) is 22.3 Å². The number of aliphatic hydroxyl groups excluding tert-OH is 1. The Morgan fingerprint density at radius 2 is 1.16 bits per heavy atom. The summed E-state index contributed by atoms with van der Waals surface area (Å²) in [5.74, 6) is 0. The third-order valence-corrected chi connectivity index (χ3v) is 17.5. The average Bonchev–Trinajstić information content (AvgIpc) is 3.98. The Labute approximate surface area is 338 Å². The molecule has 0 spiro atoms. The van der Waals surface area contributed by atoms with Crippen LogP contribution in [0.4, 0.5) is 22.7 Å². The maximum atomic E-state index is 9.95. The Kier molecular flexibility index (Phi) is 10.9. The van der Waals surface area contributed by atoms with Crippen molar-refractivity contribution in [1.82, 2.24) is 9.13 Å². The summed E-state index contributed by atoms with van der Waals surface area (Å²) in [5, 5.41) is 12.4. The highest BCUT2D eigenvalue weighted by molar-refractivity contribution is 6.74. The van der Waals surface area contributed by atoms with Crippen LogP contribution in [0.5, 0.6) is 0 Å². The zero-order valence-electron chi connectivity index (χ0n) is 34.4. The van der Waals surface area contributed by atoms with Crippen LogP contribution in [0.15, 0.2) is 85.2 Å². The number of fused-ring (bicyclic) bond motifs is 2. The van der Waals surface area contributed by atoms with Crippen molar-refractivity contribution in [3.63, 3.8) is 0 Å². The molecule has 2 aliphatic carbocycles. The van der Waals surface area contributed by atoms with E-state index in [2.05, 4.69) is 90.2 Å². The Morgan fingerprint density at radius 1 is 0.684 bits per heavy atom. The largest absolute Gasteiger partial charge is 0.414 e. The van der Waals surface area contributed by atoms with Gasteiger partial charge in [0.15, 0.2) is 19.7 Å². The molecule has 6 aromatic rings. The van der Waals surface area contributed by atoms with Crippen molar-refractivity contribution in [2.24, 2.45) is 0 Å². The molecular formula is C48H56N6O2Si. The van der Waals surface area contributed by atoms with Gasteiger partial charge in [0, 0.05) is 64.1 Å². The maximum absolute atomic E-state index is 9.95. The molecule has 4 aromatic carbocycles. The number of nitrogens with zero attached hydrogens (tertiary/aromatic N) is 4. The number of aromatic nitrogens is 2. The number of aliphatic hydroxyl groups is 1. The molecule has 0 amide bonds. The summed E-state index contributed by atoms with van der Waals surface area (Å²) in [5.41, 5.74) is 24.2. The van der Waals surface area contributed by atoms with Crippen molar-refractivity contribution < 1.29 is 9.53 Å². The highest BCUT2D eigenvalue weighted by atomic mass is 28.4. The number of benzene rings is 4. The molecule has 0 radical (unpaired) electrons. The molecule has 4 unspecified atom stereocenters. The summed E-state index contributed by atoms with van der Waals surface area (Å²) in [6, 6.07) is 24.7. The molecular weight excluding hydrogens is 721 g/mol. The molecule has 2 fully saturated rings. The first kappa shape index (κ1) is 39.9. The Morgan fingerprint density at radius 3 is 1.60 bits per heavy atom. The molecule has 9 heteroatoms. The van der Waals surface area contributed by atoms with Gasteiger partial charge in [-0.25, -0.2) is 9.69 Å². The Bertz CT molecular complexity index is 2540. The first-order chi connectivity index (χ1) is 27.1. The minimum Gasteiger partial charge on any atom is -0.414 e. The van der Waals surface area contributed by atoms with Crippen molar-refractivity contribution in [1.29, 1.82) is 0 Å². The van der Waals surface area contributed by atoms with Crippen LogP contribution >= 0.6 is 0 Å². The fourth-order valence-electron chi connectivity index (χ4n) is 8.61. The molecule has 57 heavy (non-hydrogen) atoms. The van der Waals surface area contributed by atoms with Crippen LogP contribution in [-0.2, 0) is 4.43 Å². The third kappa shape index (κ3) is 7.72. The maximum Gasteiger partial charge on any atom is 0.192 e. The fraction of sp³-hybridized carbons (Fsp3) is 0.375. The number of nitrogen functional groups attached to an aromatic ring is 2. The molecule has 8 nitrogen and oxygen atoms in total. The second-order valence-corrected chi connectivity index (χ2v) is 22.4. The summed E-state index contributed by atoms with van der Waals surface area (Å²) in [4.78, 5) is 7.27. The summed E-state index contributed by atoms with van der Waals surface area (Å²) in [6.45, 7) is 30.5. The lowest BCUT2D eigenvalue weighted by Crippen LogP contribution is -2.43. The van der Waals surface area contributed by atoms with E-state index in [0.29, 0.717) is 29.6 Å². The highest BCUT2D eigenvalue weighted by Gasteiger charge is 2.41. The van der Waals surface area contributed by atoms with Gasteiger partial charge in [0.25, 0.3) is 0 Å². The van der Waals surface area contributed by atoms with Gasteiger partial charge in [-0.2, -0.15) is 0 Å². The van der Waals surface area contributed by atoms with E-state index >= 15 is 0 Å². The molecule has 8 rings (SSSR count). The van der Waals surface area contributed by atoms with Gasteiger partial charge in [-0.3, -0.25) is 0 Å². The number of hydrogen-bond acceptors (Lipinski definition) is 4. The van der Waals surface area contributed by atoms with Gasteiger partial charge in [0.1, 0.15) is 0 Å². The molecule has 5 N–H and O–H groups in total. The predicted molar refractivity (Wildman–Crippen MR) is 239 cm³/mol. The SMILES string of the molecule is [C-]#[N+]c1ccc2c(c1)c(-c1cccc(N)c1C)cn2C1CCC(O)C1.[C-]#[N+]c1ccc2c(c1)c(-c1cccc(N)c1C)cn2C1CCC(O[Si](C)(C)C(C)(C)C)C1. The first-order valence-corrected chi connectivity index (χ1v) is 23.1. The summed E-state index contributed by atoms with van der Waals surface area (Å²) in [7, 11) is -1.78. The molecule has 0 bridgehead atoms. The van der Waals surface area contributed by atoms with Gasteiger partial charge in [-0.15, -0.1) is 0 Å². The van der Waals surface area contributed by atoms with Gasteiger partial charge < -0.3 is 30.1 Å². The minimum absolute atomic E-state index is 0.220. The molecule has 4 atom stereocenters. The van der Waals surface area contributed by atoms with Crippen LogP contribution in [0.25, 0.3) is 53.7 Å². The summed E-state index contributed by atoms with van der Waals surface area (Å²) < 4.78 is 11.5. The number of nitrogens with two attached hydrogens (primary N) is 2. The number of rotatable bonds is 6. The van der Waals surface area contributed by atoms with Crippen LogP contribution in [-0.4, -0.2) is 34.8 Å². The summed E-state index contributed by atoms with van der Waals surface area (Å²) in [6.07, 6.45) is 10.4. The molecule has 0 aliphatic heterocycles. The Hall–Kier alpha value is -5.32. The highest BCUT2D eigenvalue weighted by Crippen LogP contribution is 2.45. The van der Waals surface area contributed by atoms with Crippen LogP contribution in [0.3, 0.4) is 0 Å². The van der Waals surface area contributed by atoms with E-state index in [0.717, 1.165) is 99.6 Å². The average molecular weight is 777 g/mol. The molecule has 2 heterocycles. The predicted octanol–water partition coefficient (Wildman–Crippen LogP) is 12.7. The second kappa shape index (κ2) is 15.6. The van der Waals surface area contributed by atoms with E-state index in [4.69, 9.17) is 29.0 Å². The third-order valence-electron chi connectivity index (χ3n) is 13.0. The van der Waals surface area contributed by atoms with Gasteiger partial charge in [-0.05, 0) is 140 Å². The van der Waals surface area contributed by atoms with Crippen molar-refractivity contribution in [2.45, 2.75) is 116 Å². The van der Waals surface area contributed by atoms with E-state index in [9.17, 15) is 5.11 Å². The van der Waals surface area contributed by atoms with Crippen molar-refractivity contribution in [2.75, 3.05) is 11.5 Å². The quantitative estimate of drug-likeness (QED) is 0.0891. The van der Waals surface area contributed by atoms with Crippen molar-refractivity contribution >= 4 is 52.9 Å². The van der Waals surface area contributed by atoms with Gasteiger partial charge >= 0.3 is 0 Å². The van der Waals surface area contributed by atoms with E-state index in [-0.39, 0.29) is 11.1 Å². The monoisotopic (exact) mass is 776 g/mol. The lowest BCUT2D eigenvalue weighted by Gasteiger charge is -2.38. The smallest absolute Gasteiger partial charge is 0.192 e. The second-order valence-electron chi connectivity index (χ2n) is 17.7. The van der Waals surface area contributed by atoms with E-state index in [1.54, 1.807) is 0 Å². The van der Waals surface area contributed by atoms with E-state index in [1.165, 1.54) is 5.52 Å². The molecule has 294 valence electrons. The summed E-state index contributed by atoms with van der Waals surface area (Å²) >= 11 is 0. The number of hydrogen-bond donors (Lipinski definition) is 3. The standard InChI is InChI=1S/C27H35N3OSi.C21H21N3O/c1-18-22(9-8-10-25(18)28)24-17-30(26-14-11-19(29-5)15-23(24)26)20-12-13-21(16-20)31-32(6,7)27(2,3)4;1-13-17(4-3-5-20(13)22)19-12-24(15-7-8-16(25)11-15)21-9-6-14(23-2)10-18(19)21/h8-11,14-15,17,20-21H,12-13,16,28H2,1-4,6-7H3;3-6,9-10,12,15-16,25H,7-8,11,22H2,1H3. The lowest BCUT2D eigenvalue weighted by atomic mass is 9.99. The minimum atomic E-state index is -1.78. The Balaban J connectivity index is 0.000000179. The zero-order valence-corrected chi connectivity index (χ0v) is 35.4. The van der Waals surface area contributed by atoms with Gasteiger partial charge in [0.2, 0.25) is 0 Å². The fourth-order valence-corrected chi connectivity index (χ4v) is 10.0. The molecule has 2 saturated carbocycles.